The maximum absolute atomic E-state index is 5.37. The molecule has 64 valence electrons. The minimum absolute atomic E-state index is 0. The van der Waals surface area contributed by atoms with Crippen molar-refractivity contribution < 1.29 is 0 Å². The number of nitrogens with one attached hydrogen (secondary N) is 1. The fourth-order valence-electron chi connectivity index (χ4n) is 0.974. The van der Waals surface area contributed by atoms with E-state index in [-0.39, 0.29) is 12.4 Å². The largest absolute Gasteiger partial charge is 0.346 e. The van der Waals surface area contributed by atoms with Gasteiger partial charge >= 0.3 is 0 Å². The molecule has 0 atom stereocenters. The molecular formula is C7H9ClN4. The average molecular weight is 185 g/mol. The highest BCUT2D eigenvalue weighted by atomic mass is 35.5. The van der Waals surface area contributed by atoms with Gasteiger partial charge in [0.15, 0.2) is 0 Å². The molecule has 5 heteroatoms. The average Bonchev–Trinajstić information content (AvgIpc) is 2.50. The molecule has 2 aromatic rings. The van der Waals surface area contributed by atoms with Crippen molar-refractivity contribution >= 4 is 23.4 Å². The summed E-state index contributed by atoms with van der Waals surface area (Å²) in [5.74, 6) is 0.667. The van der Waals surface area contributed by atoms with Crippen LogP contribution in [0.1, 0.15) is 5.82 Å². The van der Waals surface area contributed by atoms with E-state index in [1.54, 1.807) is 6.20 Å². The summed E-state index contributed by atoms with van der Waals surface area (Å²) in [5.41, 5.74) is 6.22. The maximum Gasteiger partial charge on any atom is 0.144 e. The van der Waals surface area contributed by atoms with Crippen LogP contribution < -0.4 is 5.73 Å². The number of aromatic nitrogens is 3. The molecule has 0 spiro atoms. The van der Waals surface area contributed by atoms with E-state index >= 15 is 0 Å². The van der Waals surface area contributed by atoms with Gasteiger partial charge in [0.05, 0.1) is 6.54 Å². The number of halogens is 1. The first-order valence-corrected chi connectivity index (χ1v) is 3.39. The van der Waals surface area contributed by atoms with Gasteiger partial charge in [-0.1, -0.05) is 0 Å². The zero-order valence-corrected chi connectivity index (χ0v) is 7.14. The Morgan fingerprint density at radius 2 is 2.33 bits per heavy atom. The van der Waals surface area contributed by atoms with Crippen LogP contribution in [0.25, 0.3) is 11.0 Å². The van der Waals surface area contributed by atoms with Gasteiger partial charge in [0.25, 0.3) is 0 Å². The van der Waals surface area contributed by atoms with Crippen LogP contribution in [0, 0.1) is 0 Å². The number of nitrogens with two attached hydrogens (primary N) is 1. The van der Waals surface area contributed by atoms with E-state index in [4.69, 9.17) is 5.73 Å². The van der Waals surface area contributed by atoms with Crippen LogP contribution in [0.5, 0.6) is 0 Å². The van der Waals surface area contributed by atoms with Crippen molar-refractivity contribution in [2.75, 3.05) is 0 Å². The van der Waals surface area contributed by atoms with Crippen molar-refractivity contribution in [3.63, 3.8) is 0 Å². The molecule has 2 aromatic heterocycles. The molecule has 0 saturated heterocycles. The molecule has 0 aliphatic rings. The van der Waals surface area contributed by atoms with Gasteiger partial charge in [0.2, 0.25) is 0 Å². The fourth-order valence-corrected chi connectivity index (χ4v) is 0.974. The Kier molecular flexibility index (Phi) is 2.62. The molecule has 4 nitrogen and oxygen atoms in total. The summed E-state index contributed by atoms with van der Waals surface area (Å²) >= 11 is 0. The SMILES string of the molecule is Cl.NCc1ncc2cc[nH]c2n1. The Balaban J connectivity index is 0.000000720. The molecule has 0 amide bonds. The number of aromatic amines is 1. The second kappa shape index (κ2) is 3.51. The van der Waals surface area contributed by atoms with Crippen LogP contribution in [0.4, 0.5) is 0 Å². The lowest BCUT2D eigenvalue weighted by molar-refractivity contribution is 0.923. The smallest absolute Gasteiger partial charge is 0.144 e. The number of hydrogen-bond donors (Lipinski definition) is 2. The summed E-state index contributed by atoms with van der Waals surface area (Å²) < 4.78 is 0. The first-order valence-electron chi connectivity index (χ1n) is 3.39. The van der Waals surface area contributed by atoms with Gasteiger partial charge in [-0.3, -0.25) is 0 Å². The molecule has 0 unspecified atom stereocenters. The van der Waals surface area contributed by atoms with Gasteiger partial charge in [-0.15, -0.1) is 12.4 Å². The fraction of sp³-hybridized carbons (Fsp3) is 0.143. The highest BCUT2D eigenvalue weighted by molar-refractivity contribution is 5.85. The Morgan fingerprint density at radius 1 is 1.50 bits per heavy atom. The Bertz CT molecular complexity index is 370. The number of nitrogens with zero attached hydrogens (tertiary/aromatic N) is 2. The van der Waals surface area contributed by atoms with Crippen LogP contribution in [0.2, 0.25) is 0 Å². The van der Waals surface area contributed by atoms with Gasteiger partial charge in [-0.2, -0.15) is 0 Å². The summed E-state index contributed by atoms with van der Waals surface area (Å²) in [4.78, 5) is 11.2. The number of H-pyrrole nitrogens is 1. The summed E-state index contributed by atoms with van der Waals surface area (Å²) in [7, 11) is 0. The molecule has 0 radical (unpaired) electrons. The molecule has 2 heterocycles. The highest BCUT2D eigenvalue weighted by Gasteiger charge is 1.96. The standard InChI is InChI=1S/C7H8N4.ClH/c8-3-6-10-4-5-1-2-9-7(5)11-6;/h1-2,4H,3,8H2,(H,9,10,11);1H. The monoisotopic (exact) mass is 184 g/mol. The van der Waals surface area contributed by atoms with Gasteiger partial charge in [-0.25, -0.2) is 9.97 Å². The molecule has 0 aliphatic carbocycles. The molecule has 0 aliphatic heterocycles. The van der Waals surface area contributed by atoms with Crippen molar-refractivity contribution in [1.82, 2.24) is 15.0 Å². The molecule has 0 saturated carbocycles. The van der Waals surface area contributed by atoms with Crippen LogP contribution in [-0.2, 0) is 6.54 Å². The lowest BCUT2D eigenvalue weighted by atomic mass is 10.4. The third kappa shape index (κ3) is 1.39. The molecule has 0 fully saturated rings. The molecule has 12 heavy (non-hydrogen) atoms. The topological polar surface area (TPSA) is 67.6 Å². The van der Waals surface area contributed by atoms with E-state index in [2.05, 4.69) is 15.0 Å². The number of rotatable bonds is 1. The normalized spacial score (nSPS) is 9.75. The van der Waals surface area contributed by atoms with E-state index in [0.717, 1.165) is 11.0 Å². The first-order chi connectivity index (χ1) is 5.40. The van der Waals surface area contributed by atoms with E-state index in [0.29, 0.717) is 12.4 Å². The van der Waals surface area contributed by atoms with E-state index in [1.807, 2.05) is 12.3 Å². The van der Waals surface area contributed by atoms with E-state index in [1.165, 1.54) is 0 Å². The van der Waals surface area contributed by atoms with Crippen LogP contribution in [0.3, 0.4) is 0 Å². The summed E-state index contributed by atoms with van der Waals surface area (Å²) in [6, 6.07) is 1.93. The molecule has 3 N–H and O–H groups in total. The van der Waals surface area contributed by atoms with Gasteiger partial charge in [-0.05, 0) is 6.07 Å². The van der Waals surface area contributed by atoms with E-state index in [9.17, 15) is 0 Å². The van der Waals surface area contributed by atoms with Crippen molar-refractivity contribution in [3.8, 4) is 0 Å². The van der Waals surface area contributed by atoms with Crippen molar-refractivity contribution in [3.05, 3.63) is 24.3 Å². The minimum Gasteiger partial charge on any atom is -0.346 e. The molecule has 0 bridgehead atoms. The maximum atomic E-state index is 5.37. The quantitative estimate of drug-likeness (QED) is 0.690. The lowest BCUT2D eigenvalue weighted by Crippen LogP contribution is -2.01. The zero-order valence-electron chi connectivity index (χ0n) is 6.32. The Labute approximate surface area is 75.6 Å². The molecule has 2 rings (SSSR count). The first kappa shape index (κ1) is 8.96. The molecular weight excluding hydrogens is 176 g/mol. The van der Waals surface area contributed by atoms with Crippen molar-refractivity contribution in [1.29, 1.82) is 0 Å². The third-order valence-corrected chi connectivity index (χ3v) is 1.53. The second-order valence-corrected chi connectivity index (χ2v) is 2.27. The molecule has 0 aromatic carbocycles. The van der Waals surface area contributed by atoms with Crippen LogP contribution >= 0.6 is 12.4 Å². The Morgan fingerprint density at radius 3 is 3.08 bits per heavy atom. The second-order valence-electron chi connectivity index (χ2n) is 2.27. The predicted octanol–water partition coefficient (Wildman–Crippen LogP) is 0.838. The van der Waals surface area contributed by atoms with Crippen LogP contribution in [0.15, 0.2) is 18.5 Å². The summed E-state index contributed by atoms with van der Waals surface area (Å²) in [6.45, 7) is 0.384. The van der Waals surface area contributed by atoms with Crippen molar-refractivity contribution in [2.45, 2.75) is 6.54 Å². The van der Waals surface area contributed by atoms with Crippen LogP contribution in [-0.4, -0.2) is 15.0 Å². The Hall–Kier alpha value is -1.13. The third-order valence-electron chi connectivity index (χ3n) is 1.53. The lowest BCUT2D eigenvalue weighted by Gasteiger charge is -1.92. The highest BCUT2D eigenvalue weighted by Crippen LogP contribution is 2.06. The summed E-state index contributed by atoms with van der Waals surface area (Å²) in [5, 5.41) is 1.02. The van der Waals surface area contributed by atoms with E-state index < -0.39 is 0 Å². The predicted molar refractivity (Wildman–Crippen MR) is 49.0 cm³/mol. The van der Waals surface area contributed by atoms with Gasteiger partial charge in [0.1, 0.15) is 11.5 Å². The summed E-state index contributed by atoms with van der Waals surface area (Å²) in [6.07, 6.45) is 3.60. The zero-order chi connectivity index (χ0) is 7.68. The van der Waals surface area contributed by atoms with Crippen molar-refractivity contribution in [2.24, 2.45) is 5.73 Å². The minimum atomic E-state index is 0. The van der Waals surface area contributed by atoms with Gasteiger partial charge < -0.3 is 10.7 Å². The van der Waals surface area contributed by atoms with Gasteiger partial charge in [0, 0.05) is 17.8 Å². The number of fused-ring (bicyclic) bond motifs is 1. The number of hydrogen-bond acceptors (Lipinski definition) is 3.